The lowest BCUT2D eigenvalue weighted by Crippen LogP contribution is -2.44. The summed E-state index contributed by atoms with van der Waals surface area (Å²) in [7, 11) is 3.37. The van der Waals surface area contributed by atoms with E-state index < -0.39 is 0 Å². The second-order valence-corrected chi connectivity index (χ2v) is 5.29. The fourth-order valence-electron chi connectivity index (χ4n) is 2.55. The molecular formula is C13H18N8O. The number of rotatable bonds is 3. The van der Waals surface area contributed by atoms with Gasteiger partial charge < -0.3 is 20.1 Å². The van der Waals surface area contributed by atoms with Crippen LogP contribution in [0.2, 0.25) is 0 Å². The maximum absolute atomic E-state index is 12.5. The predicted octanol–water partition coefficient (Wildman–Crippen LogP) is -0.974. The summed E-state index contributed by atoms with van der Waals surface area (Å²) in [5, 5.41) is 12.1. The second-order valence-electron chi connectivity index (χ2n) is 5.29. The second kappa shape index (κ2) is 5.65. The number of aromatic nitrogens is 4. The van der Waals surface area contributed by atoms with Crippen molar-refractivity contribution in [3.63, 3.8) is 0 Å². The van der Waals surface area contributed by atoms with Crippen LogP contribution in [0.3, 0.4) is 0 Å². The topological polar surface area (TPSA) is 106 Å². The fraction of sp³-hybridized carbons (Fsp3) is 0.538. The minimum Gasteiger partial charge on any atom is -0.340 e. The molecular weight excluding hydrogens is 284 g/mol. The summed E-state index contributed by atoms with van der Waals surface area (Å²) in [5.41, 5.74) is 0.584. The van der Waals surface area contributed by atoms with E-state index in [2.05, 4.69) is 25.2 Å². The molecule has 3 heterocycles. The summed E-state index contributed by atoms with van der Waals surface area (Å²) >= 11 is 0. The molecule has 0 atom stereocenters. The molecule has 0 saturated carbocycles. The molecule has 0 aromatic carbocycles. The van der Waals surface area contributed by atoms with Gasteiger partial charge >= 0.3 is 0 Å². The van der Waals surface area contributed by atoms with E-state index in [9.17, 15) is 4.79 Å². The molecule has 116 valence electrons. The molecule has 3 rings (SSSR count). The third kappa shape index (κ3) is 2.37. The maximum atomic E-state index is 12.5. The number of piperazine rings is 1. The first kappa shape index (κ1) is 14.3. The largest absolute Gasteiger partial charge is 0.340 e. The van der Waals surface area contributed by atoms with Crippen molar-refractivity contribution in [2.75, 3.05) is 49.6 Å². The van der Waals surface area contributed by atoms with Crippen LogP contribution in [0.15, 0.2) is 4.79 Å². The number of anilines is 2. The highest BCUT2D eigenvalue weighted by molar-refractivity contribution is 5.74. The molecule has 9 heteroatoms. The number of H-pyrrole nitrogens is 1. The molecule has 2 N–H and O–H groups in total. The summed E-state index contributed by atoms with van der Waals surface area (Å²) in [6.07, 6.45) is 0. The summed E-state index contributed by atoms with van der Waals surface area (Å²) in [4.78, 5) is 28.1. The van der Waals surface area contributed by atoms with Crippen molar-refractivity contribution >= 4 is 23.1 Å². The van der Waals surface area contributed by atoms with Crippen molar-refractivity contribution in [3.05, 3.63) is 10.4 Å². The van der Waals surface area contributed by atoms with Crippen molar-refractivity contribution in [1.29, 1.82) is 5.26 Å². The molecule has 0 amide bonds. The zero-order valence-corrected chi connectivity index (χ0v) is 12.6. The Morgan fingerprint density at radius 1 is 1.36 bits per heavy atom. The van der Waals surface area contributed by atoms with E-state index in [1.807, 2.05) is 6.07 Å². The molecule has 0 radical (unpaired) electrons. The first-order chi connectivity index (χ1) is 10.6. The Kier molecular flexibility index (Phi) is 3.68. The Hall–Kier alpha value is -2.60. The van der Waals surface area contributed by atoms with Crippen molar-refractivity contribution < 1.29 is 0 Å². The molecule has 1 fully saturated rings. The van der Waals surface area contributed by atoms with Gasteiger partial charge in [0.15, 0.2) is 11.2 Å². The van der Waals surface area contributed by atoms with Crippen LogP contribution in [0.5, 0.6) is 0 Å². The van der Waals surface area contributed by atoms with Gasteiger partial charge in [-0.25, -0.2) is 0 Å². The van der Waals surface area contributed by atoms with Crippen LogP contribution in [-0.2, 0) is 7.05 Å². The minimum atomic E-state index is -0.196. The van der Waals surface area contributed by atoms with Gasteiger partial charge in [-0.05, 0) is 0 Å². The van der Waals surface area contributed by atoms with Gasteiger partial charge in [-0.15, -0.1) is 0 Å². The molecule has 0 spiro atoms. The number of nitrogens with one attached hydrogen (secondary N) is 2. The van der Waals surface area contributed by atoms with E-state index in [0.29, 0.717) is 23.1 Å². The van der Waals surface area contributed by atoms with Gasteiger partial charge in [0.1, 0.15) is 6.54 Å². The molecule has 9 nitrogen and oxygen atoms in total. The summed E-state index contributed by atoms with van der Waals surface area (Å²) in [6.45, 7) is 3.60. The van der Waals surface area contributed by atoms with Gasteiger partial charge in [-0.3, -0.25) is 9.36 Å². The lowest BCUT2D eigenvalue weighted by Gasteiger charge is -2.26. The monoisotopic (exact) mass is 302 g/mol. The predicted molar refractivity (Wildman–Crippen MR) is 83.1 cm³/mol. The number of nitriles is 1. The van der Waals surface area contributed by atoms with Gasteiger partial charge in [-0.1, -0.05) is 0 Å². The highest BCUT2D eigenvalue weighted by Crippen LogP contribution is 2.16. The average Bonchev–Trinajstić information content (AvgIpc) is 2.96. The number of nitrogens with zero attached hydrogens (tertiary/aromatic N) is 6. The van der Waals surface area contributed by atoms with Gasteiger partial charge in [0.2, 0.25) is 11.9 Å². The van der Waals surface area contributed by atoms with Crippen LogP contribution in [0.4, 0.5) is 11.9 Å². The van der Waals surface area contributed by atoms with Crippen LogP contribution in [0, 0.1) is 11.3 Å². The fourth-order valence-corrected chi connectivity index (χ4v) is 2.55. The molecule has 22 heavy (non-hydrogen) atoms. The normalized spacial score (nSPS) is 15.0. The highest BCUT2D eigenvalue weighted by Gasteiger charge is 2.19. The van der Waals surface area contributed by atoms with Crippen molar-refractivity contribution in [3.8, 4) is 6.07 Å². The Bertz CT molecular complexity index is 780. The Morgan fingerprint density at radius 3 is 2.77 bits per heavy atom. The smallest absolute Gasteiger partial charge is 0.280 e. The summed E-state index contributed by atoms with van der Waals surface area (Å²) in [5.74, 6) is 1.10. The minimum absolute atomic E-state index is 0.154. The first-order valence-electron chi connectivity index (χ1n) is 7.12. The third-order valence-corrected chi connectivity index (χ3v) is 3.76. The zero-order valence-electron chi connectivity index (χ0n) is 12.6. The lowest BCUT2D eigenvalue weighted by atomic mass is 10.4. The van der Waals surface area contributed by atoms with Crippen LogP contribution in [-0.4, -0.2) is 59.3 Å². The molecule has 1 aliphatic rings. The van der Waals surface area contributed by atoms with Crippen LogP contribution in [0.1, 0.15) is 0 Å². The Balaban J connectivity index is 2.06. The standard InChI is InChI=1S/C13H18N8O/c1-19(6-3-14)13-18-10-9(11(22)20(13)2)16-12(17-10)21-7-4-15-5-8-21/h15H,4-8H2,1-2H3,(H,16,17). The number of fused-ring (bicyclic) bond motifs is 1. The van der Waals surface area contributed by atoms with Crippen molar-refractivity contribution in [1.82, 2.24) is 24.8 Å². The lowest BCUT2D eigenvalue weighted by molar-refractivity contribution is 0.582. The van der Waals surface area contributed by atoms with Crippen LogP contribution >= 0.6 is 0 Å². The van der Waals surface area contributed by atoms with Crippen LogP contribution in [0.25, 0.3) is 11.2 Å². The van der Waals surface area contributed by atoms with Crippen LogP contribution < -0.4 is 20.7 Å². The number of hydrogen-bond donors (Lipinski definition) is 2. The molecule has 0 aliphatic carbocycles. The van der Waals surface area contributed by atoms with Gasteiger partial charge in [0, 0.05) is 40.3 Å². The van der Waals surface area contributed by atoms with Crippen molar-refractivity contribution in [2.45, 2.75) is 0 Å². The quantitative estimate of drug-likeness (QED) is 0.702. The van der Waals surface area contributed by atoms with E-state index in [-0.39, 0.29) is 12.1 Å². The highest BCUT2D eigenvalue weighted by atomic mass is 16.1. The molecule has 1 saturated heterocycles. The number of aromatic amines is 1. The Morgan fingerprint density at radius 2 is 2.09 bits per heavy atom. The molecule has 1 aliphatic heterocycles. The van der Waals surface area contributed by atoms with Crippen molar-refractivity contribution in [2.24, 2.45) is 7.05 Å². The maximum Gasteiger partial charge on any atom is 0.280 e. The zero-order chi connectivity index (χ0) is 15.7. The van der Waals surface area contributed by atoms with E-state index in [4.69, 9.17) is 5.26 Å². The SMILES string of the molecule is CN(CC#N)c1nc2nc(N3CCNCC3)[nH]c2c(=O)n1C. The number of imidazole rings is 1. The summed E-state index contributed by atoms with van der Waals surface area (Å²) in [6, 6.07) is 2.04. The van der Waals surface area contributed by atoms with Gasteiger partial charge in [0.25, 0.3) is 5.56 Å². The summed E-state index contributed by atoms with van der Waals surface area (Å²) < 4.78 is 1.43. The number of hydrogen-bond acceptors (Lipinski definition) is 7. The third-order valence-electron chi connectivity index (χ3n) is 3.76. The van der Waals surface area contributed by atoms with E-state index in [1.54, 1.807) is 19.0 Å². The van der Waals surface area contributed by atoms with Gasteiger partial charge in [-0.2, -0.15) is 15.2 Å². The first-order valence-corrected chi connectivity index (χ1v) is 7.12. The average molecular weight is 302 g/mol. The van der Waals surface area contributed by atoms with E-state index in [0.717, 1.165) is 26.2 Å². The molecule has 2 aromatic rings. The van der Waals surface area contributed by atoms with E-state index >= 15 is 0 Å². The molecule has 2 aromatic heterocycles. The Labute approximate surface area is 127 Å². The molecule has 0 unspecified atom stereocenters. The van der Waals surface area contributed by atoms with Gasteiger partial charge in [0.05, 0.1) is 6.07 Å². The molecule has 0 bridgehead atoms. The van der Waals surface area contributed by atoms with E-state index in [1.165, 1.54) is 4.57 Å².